The number of nitrogens with zero attached hydrogens (tertiary/aromatic N) is 4. The van der Waals surface area contributed by atoms with Gasteiger partial charge in [-0.25, -0.2) is 0 Å². The van der Waals surface area contributed by atoms with Crippen LogP contribution in [0.2, 0.25) is 5.02 Å². The molecule has 3 rings (SSSR count). The molecule has 2 N–H and O–H groups in total. The second-order valence-electron chi connectivity index (χ2n) is 7.03. The minimum atomic E-state index is 0.0425. The molecule has 0 spiro atoms. The third-order valence-corrected chi connectivity index (χ3v) is 5.26. The molecular weight excluding hydrogens is 376 g/mol. The SMILES string of the molecule is CCc1nncn1CCNC(=NCC1CCOC1)NC(C)c1ccccc1Cl. The second-order valence-corrected chi connectivity index (χ2v) is 7.43. The van der Waals surface area contributed by atoms with E-state index in [9.17, 15) is 0 Å². The number of benzene rings is 1. The number of aryl methyl sites for hydroxylation is 1. The molecule has 0 radical (unpaired) electrons. The summed E-state index contributed by atoms with van der Waals surface area (Å²) >= 11 is 6.35. The van der Waals surface area contributed by atoms with Crippen molar-refractivity contribution >= 4 is 17.6 Å². The van der Waals surface area contributed by atoms with Crippen LogP contribution in [0.4, 0.5) is 0 Å². The highest BCUT2D eigenvalue weighted by Gasteiger charge is 2.16. The number of rotatable bonds is 8. The molecule has 0 aliphatic carbocycles. The fourth-order valence-corrected chi connectivity index (χ4v) is 3.54. The summed E-state index contributed by atoms with van der Waals surface area (Å²) in [4.78, 5) is 4.79. The lowest BCUT2D eigenvalue weighted by Gasteiger charge is -2.20. The van der Waals surface area contributed by atoms with E-state index in [1.807, 2.05) is 24.3 Å². The number of hydrogen-bond donors (Lipinski definition) is 2. The molecule has 1 saturated heterocycles. The number of aromatic nitrogens is 3. The predicted molar refractivity (Wildman–Crippen MR) is 112 cm³/mol. The van der Waals surface area contributed by atoms with Crippen LogP contribution in [0.5, 0.6) is 0 Å². The van der Waals surface area contributed by atoms with Gasteiger partial charge in [-0.05, 0) is 25.0 Å². The molecule has 1 aromatic carbocycles. The number of guanidine groups is 1. The lowest BCUT2D eigenvalue weighted by molar-refractivity contribution is 0.187. The highest BCUT2D eigenvalue weighted by molar-refractivity contribution is 6.31. The number of aliphatic imine (C=N–C) groups is 1. The molecule has 8 heteroatoms. The average molecular weight is 405 g/mol. The zero-order valence-corrected chi connectivity index (χ0v) is 17.3. The van der Waals surface area contributed by atoms with Gasteiger partial charge in [0.25, 0.3) is 0 Å². The summed E-state index contributed by atoms with van der Waals surface area (Å²) in [7, 11) is 0. The molecule has 28 heavy (non-hydrogen) atoms. The van der Waals surface area contributed by atoms with Crippen LogP contribution in [0, 0.1) is 5.92 Å². The van der Waals surface area contributed by atoms with Crippen molar-refractivity contribution in [2.75, 3.05) is 26.3 Å². The topological polar surface area (TPSA) is 76.4 Å². The molecule has 2 atom stereocenters. The molecule has 1 aliphatic rings. The van der Waals surface area contributed by atoms with E-state index in [0.717, 1.165) is 68.1 Å². The van der Waals surface area contributed by atoms with Gasteiger partial charge >= 0.3 is 0 Å². The Bertz CT molecular complexity index is 772. The molecule has 1 aliphatic heterocycles. The molecular formula is C20H29ClN6O. The summed E-state index contributed by atoms with van der Waals surface area (Å²) in [6.07, 6.45) is 3.70. The number of halogens is 1. The Morgan fingerprint density at radius 1 is 1.43 bits per heavy atom. The molecule has 0 saturated carbocycles. The molecule has 7 nitrogen and oxygen atoms in total. The quantitative estimate of drug-likeness (QED) is 0.522. The van der Waals surface area contributed by atoms with Gasteiger partial charge in [-0.1, -0.05) is 36.7 Å². The first-order valence-corrected chi connectivity index (χ1v) is 10.3. The fourth-order valence-electron chi connectivity index (χ4n) is 3.24. The predicted octanol–water partition coefficient (Wildman–Crippen LogP) is 2.83. The zero-order chi connectivity index (χ0) is 19.8. The van der Waals surface area contributed by atoms with E-state index in [4.69, 9.17) is 21.3 Å². The summed E-state index contributed by atoms with van der Waals surface area (Å²) in [5.41, 5.74) is 1.05. The maximum atomic E-state index is 6.35. The first kappa shape index (κ1) is 20.6. The number of ether oxygens (including phenoxy) is 1. The molecule has 1 fully saturated rings. The number of nitrogens with one attached hydrogen (secondary N) is 2. The van der Waals surface area contributed by atoms with E-state index in [-0.39, 0.29) is 6.04 Å². The van der Waals surface area contributed by atoms with Crippen LogP contribution < -0.4 is 10.6 Å². The van der Waals surface area contributed by atoms with Crippen molar-refractivity contribution in [3.05, 3.63) is 47.0 Å². The van der Waals surface area contributed by atoms with Gasteiger partial charge in [-0.2, -0.15) is 0 Å². The van der Waals surface area contributed by atoms with Crippen molar-refractivity contribution < 1.29 is 4.74 Å². The summed E-state index contributed by atoms with van der Waals surface area (Å²) in [5.74, 6) is 2.25. The molecule has 2 unspecified atom stereocenters. The Labute approximate surface area is 171 Å². The van der Waals surface area contributed by atoms with E-state index in [2.05, 4.69) is 39.2 Å². The van der Waals surface area contributed by atoms with Crippen molar-refractivity contribution in [3.63, 3.8) is 0 Å². The van der Waals surface area contributed by atoms with Crippen molar-refractivity contribution in [3.8, 4) is 0 Å². The van der Waals surface area contributed by atoms with Gasteiger partial charge in [0.15, 0.2) is 5.96 Å². The lowest BCUT2D eigenvalue weighted by atomic mass is 10.1. The lowest BCUT2D eigenvalue weighted by Crippen LogP contribution is -2.40. The van der Waals surface area contributed by atoms with Crippen LogP contribution >= 0.6 is 11.6 Å². The van der Waals surface area contributed by atoms with E-state index in [0.29, 0.717) is 5.92 Å². The monoisotopic (exact) mass is 404 g/mol. The van der Waals surface area contributed by atoms with Crippen LogP contribution in [0.25, 0.3) is 0 Å². The van der Waals surface area contributed by atoms with E-state index >= 15 is 0 Å². The number of hydrogen-bond acceptors (Lipinski definition) is 4. The molecule has 2 aromatic rings. The standard InChI is InChI=1S/C20H29ClN6O/c1-3-19-26-24-14-27(19)10-9-22-20(23-12-16-8-11-28-13-16)25-15(2)17-6-4-5-7-18(17)21/h4-7,14-16H,3,8-13H2,1-2H3,(H2,22,23,25). The van der Waals surface area contributed by atoms with E-state index < -0.39 is 0 Å². The van der Waals surface area contributed by atoms with Gasteiger partial charge < -0.3 is 19.9 Å². The van der Waals surface area contributed by atoms with Crippen LogP contribution in [-0.2, 0) is 17.7 Å². The van der Waals surface area contributed by atoms with E-state index in [1.54, 1.807) is 6.33 Å². The van der Waals surface area contributed by atoms with Crippen LogP contribution in [-0.4, -0.2) is 47.0 Å². The zero-order valence-electron chi connectivity index (χ0n) is 16.6. The van der Waals surface area contributed by atoms with Crippen LogP contribution in [0.3, 0.4) is 0 Å². The molecule has 1 aromatic heterocycles. The summed E-state index contributed by atoms with van der Waals surface area (Å²) in [6, 6.07) is 7.93. The first-order valence-electron chi connectivity index (χ1n) is 9.91. The van der Waals surface area contributed by atoms with Crippen molar-refractivity contribution in [1.82, 2.24) is 25.4 Å². The molecule has 2 heterocycles. The van der Waals surface area contributed by atoms with Crippen LogP contribution in [0.15, 0.2) is 35.6 Å². The van der Waals surface area contributed by atoms with Crippen LogP contribution in [0.1, 0.15) is 37.7 Å². The average Bonchev–Trinajstić information content (AvgIpc) is 3.37. The van der Waals surface area contributed by atoms with Gasteiger partial charge in [-0.15, -0.1) is 10.2 Å². The Hall–Kier alpha value is -2.12. The van der Waals surface area contributed by atoms with Gasteiger partial charge in [0.2, 0.25) is 0 Å². The van der Waals surface area contributed by atoms with E-state index in [1.165, 1.54) is 0 Å². The second kappa shape index (κ2) is 10.4. The van der Waals surface area contributed by atoms with Crippen molar-refractivity contribution in [1.29, 1.82) is 0 Å². The summed E-state index contributed by atoms with van der Waals surface area (Å²) < 4.78 is 7.53. The van der Waals surface area contributed by atoms with Crippen molar-refractivity contribution in [2.45, 2.75) is 39.3 Å². The maximum absolute atomic E-state index is 6.35. The van der Waals surface area contributed by atoms with Crippen molar-refractivity contribution in [2.24, 2.45) is 10.9 Å². The summed E-state index contributed by atoms with van der Waals surface area (Å²) in [6.45, 7) is 8.05. The normalized spacial score (nSPS) is 18.2. The van der Waals surface area contributed by atoms with Gasteiger partial charge in [0.1, 0.15) is 12.2 Å². The third kappa shape index (κ3) is 5.69. The highest BCUT2D eigenvalue weighted by atomic mass is 35.5. The Morgan fingerprint density at radius 3 is 3.04 bits per heavy atom. The minimum Gasteiger partial charge on any atom is -0.381 e. The Balaban J connectivity index is 1.62. The van der Waals surface area contributed by atoms with Gasteiger partial charge in [-0.3, -0.25) is 4.99 Å². The van der Waals surface area contributed by atoms with Gasteiger partial charge in [0, 0.05) is 43.6 Å². The first-order chi connectivity index (χ1) is 13.7. The highest BCUT2D eigenvalue weighted by Crippen LogP contribution is 2.22. The fraction of sp³-hybridized carbons (Fsp3) is 0.550. The molecule has 0 bridgehead atoms. The third-order valence-electron chi connectivity index (χ3n) is 4.91. The Morgan fingerprint density at radius 2 is 2.29 bits per heavy atom. The minimum absolute atomic E-state index is 0.0425. The molecule has 152 valence electrons. The smallest absolute Gasteiger partial charge is 0.191 e. The largest absolute Gasteiger partial charge is 0.381 e. The maximum Gasteiger partial charge on any atom is 0.191 e. The molecule has 0 amide bonds. The van der Waals surface area contributed by atoms with Gasteiger partial charge in [0.05, 0.1) is 12.6 Å². The summed E-state index contributed by atoms with van der Waals surface area (Å²) in [5, 5.41) is 15.8. The Kier molecular flexibility index (Phi) is 7.68.